The number of Topliss-reactive ketones (excluding diaryl/α,β-unsaturated/α-hetero) is 1. The molecule has 20 heavy (non-hydrogen) atoms. The quantitative estimate of drug-likeness (QED) is 0.542. The van der Waals surface area contributed by atoms with E-state index in [9.17, 15) is 4.79 Å². The fourth-order valence-electron chi connectivity index (χ4n) is 1.81. The normalized spacial score (nSPS) is 10.0. The van der Waals surface area contributed by atoms with Gasteiger partial charge in [-0.2, -0.15) is 0 Å². The molecule has 0 heterocycles. The predicted octanol–water partition coefficient (Wildman–Crippen LogP) is 5.37. The molecule has 2 nitrogen and oxygen atoms in total. The van der Waals surface area contributed by atoms with Crippen LogP contribution in [-0.4, -0.2) is 5.78 Å². The second kappa shape index (κ2) is 6.93. The van der Waals surface area contributed by atoms with Crippen molar-refractivity contribution in [3.05, 3.63) is 65.5 Å². The highest BCUT2D eigenvalue weighted by Crippen LogP contribution is 2.29. The van der Waals surface area contributed by atoms with Crippen LogP contribution in [0.5, 0.6) is 0 Å². The van der Waals surface area contributed by atoms with E-state index in [2.05, 4.69) is 4.85 Å². The topological polar surface area (TPSA) is 21.4 Å². The van der Waals surface area contributed by atoms with Crippen LogP contribution in [0.2, 0.25) is 0 Å². The maximum atomic E-state index is 11.7. The van der Waals surface area contributed by atoms with Gasteiger partial charge in [0, 0.05) is 21.8 Å². The number of benzene rings is 2. The Morgan fingerprint density at radius 2 is 1.60 bits per heavy atom. The molecule has 2 rings (SSSR count). The lowest BCUT2D eigenvalue weighted by atomic mass is 10.1. The molecule has 0 saturated heterocycles. The van der Waals surface area contributed by atoms with Crippen molar-refractivity contribution in [2.75, 3.05) is 0 Å². The van der Waals surface area contributed by atoms with E-state index in [-0.39, 0.29) is 5.78 Å². The Balaban J connectivity index is 2.06. The standard InChI is InChI=1S/C17H15NOS/c1-3-4-17(19)13-5-9-15(10-6-13)20-16-11-7-14(18-2)8-12-16/h5-12H,3-4H2,1H3. The van der Waals surface area contributed by atoms with Crippen molar-refractivity contribution < 1.29 is 4.79 Å². The van der Waals surface area contributed by atoms with Gasteiger partial charge >= 0.3 is 0 Å². The summed E-state index contributed by atoms with van der Waals surface area (Å²) < 4.78 is 0. The molecule has 0 atom stereocenters. The largest absolute Gasteiger partial charge is 0.294 e. The molecule has 0 fully saturated rings. The summed E-state index contributed by atoms with van der Waals surface area (Å²) in [6.07, 6.45) is 1.48. The van der Waals surface area contributed by atoms with Gasteiger partial charge in [0.1, 0.15) is 0 Å². The Bertz CT molecular complexity index is 624. The summed E-state index contributed by atoms with van der Waals surface area (Å²) in [7, 11) is 0. The smallest absolute Gasteiger partial charge is 0.187 e. The summed E-state index contributed by atoms with van der Waals surface area (Å²) in [5.41, 5.74) is 1.43. The molecule has 2 aromatic carbocycles. The Labute approximate surface area is 123 Å². The molecule has 2 aromatic rings. The lowest BCUT2D eigenvalue weighted by Gasteiger charge is -2.04. The van der Waals surface area contributed by atoms with Crippen molar-refractivity contribution in [3.8, 4) is 0 Å². The SMILES string of the molecule is [C-]#[N+]c1ccc(Sc2ccc(C(=O)CCC)cc2)cc1. The summed E-state index contributed by atoms with van der Waals surface area (Å²) in [6, 6.07) is 15.2. The van der Waals surface area contributed by atoms with E-state index in [4.69, 9.17) is 6.57 Å². The second-order valence-corrected chi connectivity index (χ2v) is 5.55. The molecule has 0 aliphatic carbocycles. The summed E-state index contributed by atoms with van der Waals surface area (Å²) in [4.78, 5) is 17.3. The van der Waals surface area contributed by atoms with Crippen molar-refractivity contribution >= 4 is 23.2 Å². The van der Waals surface area contributed by atoms with E-state index in [1.165, 1.54) is 0 Å². The Kier molecular flexibility index (Phi) is 4.97. The molecular formula is C17H15NOS. The van der Waals surface area contributed by atoms with Gasteiger partial charge in [-0.05, 0) is 18.6 Å². The van der Waals surface area contributed by atoms with Gasteiger partial charge < -0.3 is 0 Å². The van der Waals surface area contributed by atoms with E-state index in [0.717, 1.165) is 21.8 Å². The van der Waals surface area contributed by atoms with Crippen molar-refractivity contribution in [3.63, 3.8) is 0 Å². The molecule has 0 aliphatic heterocycles. The van der Waals surface area contributed by atoms with E-state index >= 15 is 0 Å². The van der Waals surface area contributed by atoms with Crippen LogP contribution in [0.25, 0.3) is 4.85 Å². The Morgan fingerprint density at radius 3 is 2.10 bits per heavy atom. The van der Waals surface area contributed by atoms with E-state index in [1.807, 2.05) is 55.5 Å². The highest BCUT2D eigenvalue weighted by molar-refractivity contribution is 7.99. The molecule has 3 heteroatoms. The predicted molar refractivity (Wildman–Crippen MR) is 82.5 cm³/mol. The molecule has 0 bridgehead atoms. The number of carbonyl (C=O) groups is 1. The number of hydrogen-bond acceptors (Lipinski definition) is 2. The number of carbonyl (C=O) groups excluding carboxylic acids is 1. The first-order chi connectivity index (χ1) is 9.72. The van der Waals surface area contributed by atoms with Gasteiger partial charge in [0.2, 0.25) is 0 Å². The zero-order valence-corrected chi connectivity index (χ0v) is 12.1. The van der Waals surface area contributed by atoms with Crippen LogP contribution in [0.4, 0.5) is 5.69 Å². The minimum Gasteiger partial charge on any atom is -0.294 e. The van der Waals surface area contributed by atoms with Crippen LogP contribution < -0.4 is 0 Å². The summed E-state index contributed by atoms with van der Waals surface area (Å²) in [6.45, 7) is 8.93. The average Bonchev–Trinajstić information content (AvgIpc) is 2.49. The first kappa shape index (κ1) is 14.4. The van der Waals surface area contributed by atoms with Crippen molar-refractivity contribution in [2.45, 2.75) is 29.6 Å². The highest BCUT2D eigenvalue weighted by Gasteiger charge is 2.04. The maximum absolute atomic E-state index is 11.7. The van der Waals surface area contributed by atoms with Crippen LogP contribution in [0.1, 0.15) is 30.1 Å². The first-order valence-electron chi connectivity index (χ1n) is 6.51. The van der Waals surface area contributed by atoms with E-state index < -0.39 is 0 Å². The van der Waals surface area contributed by atoms with E-state index in [1.54, 1.807) is 11.8 Å². The van der Waals surface area contributed by atoms with Gasteiger partial charge in [-0.1, -0.05) is 55.1 Å². The molecule has 0 N–H and O–H groups in total. The third kappa shape index (κ3) is 3.72. The first-order valence-corrected chi connectivity index (χ1v) is 7.33. The van der Waals surface area contributed by atoms with Crippen molar-refractivity contribution in [2.24, 2.45) is 0 Å². The van der Waals surface area contributed by atoms with Crippen molar-refractivity contribution in [1.29, 1.82) is 0 Å². The van der Waals surface area contributed by atoms with Gasteiger partial charge in [0.05, 0.1) is 6.57 Å². The third-order valence-corrected chi connectivity index (χ3v) is 3.87. The summed E-state index contributed by atoms with van der Waals surface area (Å²) >= 11 is 1.63. The monoisotopic (exact) mass is 281 g/mol. The number of ketones is 1. The molecule has 0 unspecified atom stereocenters. The Morgan fingerprint density at radius 1 is 1.05 bits per heavy atom. The molecule has 0 spiro atoms. The molecule has 0 aliphatic rings. The molecular weight excluding hydrogens is 266 g/mol. The third-order valence-electron chi connectivity index (χ3n) is 2.85. The average molecular weight is 281 g/mol. The minimum absolute atomic E-state index is 0.200. The van der Waals surface area contributed by atoms with E-state index in [0.29, 0.717) is 12.1 Å². The van der Waals surface area contributed by atoms with Crippen LogP contribution in [0, 0.1) is 6.57 Å². The van der Waals surface area contributed by atoms with Gasteiger partial charge in [0.15, 0.2) is 11.5 Å². The van der Waals surface area contributed by atoms with Crippen LogP contribution >= 0.6 is 11.8 Å². The fourth-order valence-corrected chi connectivity index (χ4v) is 2.62. The van der Waals surface area contributed by atoms with Crippen LogP contribution in [0.15, 0.2) is 58.3 Å². The molecule has 100 valence electrons. The number of hydrogen-bond donors (Lipinski definition) is 0. The number of nitrogens with zero attached hydrogens (tertiary/aromatic N) is 1. The molecule has 0 radical (unpaired) electrons. The van der Waals surface area contributed by atoms with Crippen LogP contribution in [0.3, 0.4) is 0 Å². The molecule has 0 amide bonds. The lowest BCUT2D eigenvalue weighted by molar-refractivity contribution is 0.0981. The van der Waals surface area contributed by atoms with Gasteiger partial charge in [0.25, 0.3) is 0 Å². The Hall–Kier alpha value is -2.05. The van der Waals surface area contributed by atoms with Gasteiger partial charge in [-0.3, -0.25) is 4.79 Å². The summed E-state index contributed by atoms with van der Waals surface area (Å²) in [5, 5.41) is 0. The van der Waals surface area contributed by atoms with Gasteiger partial charge in [-0.25, -0.2) is 4.85 Å². The second-order valence-electron chi connectivity index (χ2n) is 4.41. The molecule has 0 aromatic heterocycles. The van der Waals surface area contributed by atoms with Gasteiger partial charge in [-0.15, -0.1) is 0 Å². The minimum atomic E-state index is 0.200. The zero-order chi connectivity index (χ0) is 14.4. The van der Waals surface area contributed by atoms with Crippen molar-refractivity contribution in [1.82, 2.24) is 0 Å². The van der Waals surface area contributed by atoms with Crippen LogP contribution in [-0.2, 0) is 0 Å². The highest BCUT2D eigenvalue weighted by atomic mass is 32.2. The molecule has 0 saturated carbocycles. The maximum Gasteiger partial charge on any atom is 0.187 e. The fraction of sp³-hybridized carbons (Fsp3) is 0.176. The zero-order valence-electron chi connectivity index (χ0n) is 11.3. The lowest BCUT2D eigenvalue weighted by Crippen LogP contribution is -1.97. The number of rotatable bonds is 5. The summed E-state index contributed by atoms with van der Waals surface area (Å²) in [5.74, 6) is 0.200.